The van der Waals surface area contributed by atoms with Crippen LogP contribution in [0.5, 0.6) is 0 Å². The van der Waals surface area contributed by atoms with Crippen LogP contribution in [0.4, 0.5) is 4.79 Å². The predicted octanol–water partition coefficient (Wildman–Crippen LogP) is 3.38. The second-order valence-corrected chi connectivity index (χ2v) is 7.60. The molecule has 2 aliphatic heterocycles. The highest BCUT2D eigenvalue weighted by Gasteiger charge is 2.49. The highest BCUT2D eigenvalue weighted by Crippen LogP contribution is 2.41. The molecule has 0 aromatic heterocycles. The van der Waals surface area contributed by atoms with Crippen LogP contribution in [-0.4, -0.2) is 41.4 Å². The number of aryl methyl sites for hydroxylation is 1. The van der Waals surface area contributed by atoms with Crippen molar-refractivity contribution in [3.8, 4) is 0 Å². The number of carbonyl (C=O) groups is 1. The second-order valence-electron chi connectivity index (χ2n) is 7.60. The minimum Gasteiger partial charge on any atom is -0.445 e. The Kier molecular flexibility index (Phi) is 4.89. The lowest BCUT2D eigenvalue weighted by Gasteiger charge is -2.51. The molecule has 1 amide bonds. The van der Waals surface area contributed by atoms with Crippen LogP contribution in [0.1, 0.15) is 29.5 Å². The van der Waals surface area contributed by atoms with Gasteiger partial charge in [0, 0.05) is 12.8 Å². The van der Waals surface area contributed by atoms with Crippen molar-refractivity contribution in [2.24, 2.45) is 0 Å². The van der Waals surface area contributed by atoms with Crippen LogP contribution in [0.25, 0.3) is 0 Å². The van der Waals surface area contributed by atoms with E-state index < -0.39 is 5.60 Å². The minimum absolute atomic E-state index is 0.189. The number of morpholine rings is 1. The van der Waals surface area contributed by atoms with E-state index in [-0.39, 0.29) is 24.8 Å². The first kappa shape index (κ1) is 18.0. The summed E-state index contributed by atoms with van der Waals surface area (Å²) in [6, 6.07) is 17.3. The zero-order valence-corrected chi connectivity index (χ0v) is 15.5. The fourth-order valence-electron chi connectivity index (χ4n) is 4.24. The molecule has 0 saturated carbocycles. The molecule has 5 nitrogen and oxygen atoms in total. The summed E-state index contributed by atoms with van der Waals surface area (Å²) in [7, 11) is 0. The monoisotopic (exact) mass is 367 g/mol. The number of piperidine rings is 1. The maximum absolute atomic E-state index is 12.8. The van der Waals surface area contributed by atoms with E-state index in [2.05, 4.69) is 0 Å². The first-order chi connectivity index (χ1) is 13.0. The number of amides is 1. The lowest BCUT2D eigenvalue weighted by Crippen LogP contribution is -2.62. The quantitative estimate of drug-likeness (QED) is 0.904. The summed E-state index contributed by atoms with van der Waals surface area (Å²) < 4.78 is 11.2. The van der Waals surface area contributed by atoms with E-state index in [4.69, 9.17) is 9.47 Å². The summed E-state index contributed by atoms with van der Waals surface area (Å²) in [5, 5.41) is 11.3. The van der Waals surface area contributed by atoms with Gasteiger partial charge in [0.05, 0.1) is 30.9 Å². The molecule has 5 heteroatoms. The van der Waals surface area contributed by atoms with Crippen LogP contribution >= 0.6 is 0 Å². The molecule has 2 heterocycles. The van der Waals surface area contributed by atoms with Gasteiger partial charge in [-0.1, -0.05) is 60.2 Å². The zero-order valence-electron chi connectivity index (χ0n) is 15.5. The Morgan fingerprint density at radius 2 is 1.85 bits per heavy atom. The molecular formula is C22H25NO4. The van der Waals surface area contributed by atoms with Crippen molar-refractivity contribution >= 4 is 6.09 Å². The third-order valence-electron chi connectivity index (χ3n) is 5.53. The average Bonchev–Trinajstić information content (AvgIpc) is 2.66. The molecule has 2 aromatic rings. The van der Waals surface area contributed by atoms with E-state index in [1.807, 2.05) is 61.5 Å². The second kappa shape index (κ2) is 7.33. The van der Waals surface area contributed by atoms with Crippen molar-refractivity contribution in [2.45, 2.75) is 44.1 Å². The van der Waals surface area contributed by atoms with Crippen LogP contribution in [0.15, 0.2) is 54.6 Å². The summed E-state index contributed by atoms with van der Waals surface area (Å²) in [5.41, 5.74) is 2.05. The summed E-state index contributed by atoms with van der Waals surface area (Å²) in [6.45, 7) is 3.11. The van der Waals surface area contributed by atoms with Gasteiger partial charge in [-0.25, -0.2) is 4.79 Å². The highest BCUT2D eigenvalue weighted by molar-refractivity contribution is 5.69. The molecule has 0 aliphatic carbocycles. The van der Waals surface area contributed by atoms with Gasteiger partial charge in [-0.3, -0.25) is 4.90 Å². The van der Waals surface area contributed by atoms with E-state index in [1.165, 1.54) is 0 Å². The minimum atomic E-state index is -0.943. The van der Waals surface area contributed by atoms with Crippen LogP contribution in [-0.2, 0) is 21.7 Å². The fourth-order valence-corrected chi connectivity index (χ4v) is 4.24. The molecule has 2 bridgehead atoms. The van der Waals surface area contributed by atoms with Gasteiger partial charge < -0.3 is 14.6 Å². The largest absolute Gasteiger partial charge is 0.445 e. The van der Waals surface area contributed by atoms with Crippen molar-refractivity contribution in [1.82, 2.24) is 4.90 Å². The third-order valence-corrected chi connectivity index (χ3v) is 5.53. The van der Waals surface area contributed by atoms with E-state index in [0.717, 1.165) is 16.7 Å². The normalized spacial score (nSPS) is 27.3. The van der Waals surface area contributed by atoms with Gasteiger partial charge in [-0.15, -0.1) is 0 Å². The summed E-state index contributed by atoms with van der Waals surface area (Å²) in [5.74, 6) is 0. The molecule has 2 fully saturated rings. The van der Waals surface area contributed by atoms with E-state index in [0.29, 0.717) is 26.1 Å². The number of hydrogen-bond acceptors (Lipinski definition) is 4. The van der Waals surface area contributed by atoms with Crippen molar-refractivity contribution in [2.75, 3.05) is 13.2 Å². The van der Waals surface area contributed by atoms with Gasteiger partial charge in [0.1, 0.15) is 6.61 Å². The molecular weight excluding hydrogens is 342 g/mol. The number of nitrogens with zero attached hydrogens (tertiary/aromatic N) is 1. The Labute approximate surface area is 159 Å². The maximum atomic E-state index is 12.8. The molecule has 2 aliphatic rings. The van der Waals surface area contributed by atoms with E-state index >= 15 is 0 Å². The van der Waals surface area contributed by atoms with Crippen LogP contribution in [0, 0.1) is 6.92 Å². The Morgan fingerprint density at radius 1 is 1.15 bits per heavy atom. The topological polar surface area (TPSA) is 59.0 Å². The van der Waals surface area contributed by atoms with Crippen molar-refractivity contribution in [3.05, 3.63) is 71.3 Å². The Bertz CT molecular complexity index is 793. The molecule has 2 atom stereocenters. The first-order valence-electron chi connectivity index (χ1n) is 9.41. The van der Waals surface area contributed by atoms with E-state index in [1.54, 1.807) is 4.90 Å². The summed E-state index contributed by atoms with van der Waals surface area (Å²) >= 11 is 0. The standard InChI is InChI=1S/C22H25NO4/c1-16-6-5-9-18(10-16)22(25)11-19-14-26-15-20(12-22)23(19)21(24)27-13-17-7-3-2-4-8-17/h2-10,19-20,25H,11-15H2,1H3. The lowest BCUT2D eigenvalue weighted by atomic mass is 9.76. The van der Waals surface area contributed by atoms with Gasteiger partial charge in [0.2, 0.25) is 0 Å². The number of fused-ring (bicyclic) bond motifs is 2. The predicted molar refractivity (Wildman–Crippen MR) is 101 cm³/mol. The molecule has 1 N–H and O–H groups in total. The van der Waals surface area contributed by atoms with Crippen LogP contribution in [0.2, 0.25) is 0 Å². The van der Waals surface area contributed by atoms with Crippen molar-refractivity contribution in [3.63, 3.8) is 0 Å². The molecule has 27 heavy (non-hydrogen) atoms. The molecule has 2 aromatic carbocycles. The number of benzene rings is 2. The summed E-state index contributed by atoms with van der Waals surface area (Å²) in [6.07, 6.45) is 0.573. The van der Waals surface area contributed by atoms with Crippen molar-refractivity contribution in [1.29, 1.82) is 0 Å². The SMILES string of the molecule is Cc1cccc(C2(O)CC3COCC(C2)N3C(=O)OCc2ccccc2)c1. The first-order valence-corrected chi connectivity index (χ1v) is 9.41. The van der Waals surface area contributed by atoms with Crippen LogP contribution < -0.4 is 0 Å². The van der Waals surface area contributed by atoms with Gasteiger partial charge in [0.25, 0.3) is 0 Å². The third kappa shape index (κ3) is 3.70. The Balaban J connectivity index is 1.49. The molecule has 2 unspecified atom stereocenters. The number of rotatable bonds is 3. The number of carbonyl (C=O) groups excluding carboxylic acids is 1. The maximum Gasteiger partial charge on any atom is 0.410 e. The van der Waals surface area contributed by atoms with Gasteiger partial charge >= 0.3 is 6.09 Å². The van der Waals surface area contributed by atoms with Crippen LogP contribution in [0.3, 0.4) is 0 Å². The number of aliphatic hydroxyl groups is 1. The average molecular weight is 367 g/mol. The molecule has 2 saturated heterocycles. The Morgan fingerprint density at radius 3 is 2.52 bits per heavy atom. The van der Waals surface area contributed by atoms with E-state index in [9.17, 15) is 9.90 Å². The number of hydrogen-bond donors (Lipinski definition) is 1. The highest BCUT2D eigenvalue weighted by atomic mass is 16.6. The zero-order chi connectivity index (χ0) is 18.9. The Hall–Kier alpha value is -2.37. The number of ether oxygens (including phenoxy) is 2. The van der Waals surface area contributed by atoms with Crippen molar-refractivity contribution < 1.29 is 19.4 Å². The smallest absolute Gasteiger partial charge is 0.410 e. The molecule has 0 spiro atoms. The molecule has 4 rings (SSSR count). The molecule has 0 radical (unpaired) electrons. The van der Waals surface area contributed by atoms with Gasteiger partial charge in [-0.05, 0) is 18.1 Å². The summed E-state index contributed by atoms with van der Waals surface area (Å²) in [4.78, 5) is 14.5. The fraction of sp³-hybridized carbons (Fsp3) is 0.409. The lowest BCUT2D eigenvalue weighted by molar-refractivity contribution is -0.136. The van der Waals surface area contributed by atoms with Gasteiger partial charge in [0.15, 0.2) is 0 Å². The molecule has 142 valence electrons. The van der Waals surface area contributed by atoms with Gasteiger partial charge in [-0.2, -0.15) is 0 Å².